The van der Waals surface area contributed by atoms with Crippen molar-refractivity contribution in [1.29, 1.82) is 0 Å². The Morgan fingerprint density at radius 3 is 2.11 bits per heavy atom. The number of amides is 1. The number of hydrogen-bond acceptors (Lipinski definition) is 7. The Hall–Kier alpha value is -3.75. The molecule has 2 heterocycles. The zero-order chi connectivity index (χ0) is 25.8. The highest BCUT2D eigenvalue weighted by Crippen LogP contribution is 2.42. The van der Waals surface area contributed by atoms with Crippen molar-refractivity contribution in [2.75, 3.05) is 12.5 Å². The Kier molecular flexibility index (Phi) is 7.48. The lowest BCUT2D eigenvalue weighted by atomic mass is 10.0. The first-order valence-electron chi connectivity index (χ1n) is 11.6. The van der Waals surface area contributed by atoms with Crippen LogP contribution in [0.4, 0.5) is 0 Å². The lowest BCUT2D eigenvalue weighted by molar-refractivity contribution is -0.153. The van der Waals surface area contributed by atoms with Crippen LogP contribution in [0.5, 0.6) is 5.75 Å². The average molecular weight is 535 g/mol. The van der Waals surface area contributed by atoms with Gasteiger partial charge in [-0.25, -0.2) is 4.79 Å². The second-order valence-corrected chi connectivity index (χ2v) is 9.78. The molecule has 0 saturated carbocycles. The van der Waals surface area contributed by atoms with Crippen molar-refractivity contribution in [2.45, 2.75) is 17.5 Å². The number of carbonyl (C=O) groups excluding carboxylic acids is 2. The van der Waals surface area contributed by atoms with Crippen molar-refractivity contribution in [3.8, 4) is 5.75 Å². The van der Waals surface area contributed by atoms with Gasteiger partial charge in [0.2, 0.25) is 0 Å². The summed E-state index contributed by atoms with van der Waals surface area (Å²) in [6.07, 6.45) is -0.748. The molecule has 2 unspecified atom stereocenters. The lowest BCUT2D eigenvalue weighted by Gasteiger charge is -2.41. The van der Waals surface area contributed by atoms with Crippen molar-refractivity contribution < 1.29 is 24.2 Å². The lowest BCUT2D eigenvalue weighted by Crippen LogP contribution is -2.61. The van der Waals surface area contributed by atoms with Crippen molar-refractivity contribution in [3.63, 3.8) is 0 Å². The first-order chi connectivity index (χ1) is 18.1. The third-order valence-corrected chi connectivity index (χ3v) is 7.38. The van der Waals surface area contributed by atoms with Crippen LogP contribution in [0.3, 0.4) is 0 Å². The second-order valence-electron chi connectivity index (χ2n) is 8.32. The quantitative estimate of drug-likeness (QED) is 0.135. The number of hydrogen-bond donors (Lipinski definition) is 1. The summed E-state index contributed by atoms with van der Waals surface area (Å²) in [5, 5.41) is 10.7. The molecule has 0 spiro atoms. The number of esters is 1. The predicted molar refractivity (Wildman–Crippen MR) is 143 cm³/mol. The Morgan fingerprint density at radius 2 is 1.54 bits per heavy atom. The number of para-hydroxylation sites is 1. The molecular weight excluding hydrogens is 512 g/mol. The number of fused-ring (bicyclic) bond motifs is 1. The molecule has 1 fully saturated rings. The standard InChI is InChI=1S/C28H23ClN2O5S/c29-16-21(32)24(28(34)36-25(18-10-4-1-5-11-18)19-12-6-2-7-13-19)31-26(33)23-27(31)37-22(30-23)17-35-20-14-8-3-9-15-20/h1-15,23,25,27,32H,16-17H2. The summed E-state index contributed by atoms with van der Waals surface area (Å²) in [7, 11) is 0. The number of aliphatic hydroxyl groups excluding tert-OH is 1. The SMILES string of the molecule is O=C(OC(c1ccccc1)c1ccccc1)C(=C(O)CCl)N1C(=O)C2N=C(COc3ccccc3)SC21. The third-order valence-electron chi connectivity index (χ3n) is 5.92. The average Bonchev–Trinajstić information content (AvgIpc) is 3.33. The number of halogens is 1. The van der Waals surface area contributed by atoms with Crippen LogP contribution in [-0.4, -0.2) is 50.8 Å². The van der Waals surface area contributed by atoms with Crippen molar-refractivity contribution in [1.82, 2.24) is 4.90 Å². The van der Waals surface area contributed by atoms with E-state index in [0.29, 0.717) is 10.8 Å². The van der Waals surface area contributed by atoms with Gasteiger partial charge in [0.05, 0.1) is 5.88 Å². The number of nitrogens with zero attached hydrogens (tertiary/aromatic N) is 2. The van der Waals surface area contributed by atoms with Crippen LogP contribution >= 0.6 is 23.4 Å². The van der Waals surface area contributed by atoms with Crippen LogP contribution in [0, 0.1) is 0 Å². The van der Waals surface area contributed by atoms with Gasteiger partial charge in [0.25, 0.3) is 5.91 Å². The Balaban J connectivity index is 1.35. The number of carbonyl (C=O) groups is 2. The summed E-state index contributed by atoms with van der Waals surface area (Å²) >= 11 is 7.23. The fourth-order valence-electron chi connectivity index (χ4n) is 4.15. The number of benzene rings is 3. The number of likely N-dealkylation sites (tertiary alicyclic amines) is 1. The summed E-state index contributed by atoms with van der Waals surface area (Å²) in [5.74, 6) is -1.37. The normalized spacial score (nSPS) is 19.0. The number of aliphatic hydroxyl groups is 1. The van der Waals surface area contributed by atoms with Crippen LogP contribution in [0.25, 0.3) is 0 Å². The maximum absolute atomic E-state index is 13.5. The Bertz CT molecular complexity index is 1290. The molecule has 1 saturated heterocycles. The second kappa shape index (κ2) is 11.1. The number of alkyl halides is 1. The van der Waals surface area contributed by atoms with Crippen molar-refractivity contribution >= 4 is 40.3 Å². The van der Waals surface area contributed by atoms with Crippen LogP contribution in [0.1, 0.15) is 17.2 Å². The maximum atomic E-state index is 13.5. The molecule has 1 amide bonds. The van der Waals surface area contributed by atoms with E-state index in [1.165, 1.54) is 16.7 Å². The molecule has 188 valence electrons. The molecule has 5 rings (SSSR count). The van der Waals surface area contributed by atoms with E-state index >= 15 is 0 Å². The molecule has 0 bridgehead atoms. The molecule has 3 aromatic carbocycles. The first-order valence-corrected chi connectivity index (χ1v) is 13.0. The predicted octanol–water partition coefficient (Wildman–Crippen LogP) is 5.09. The van der Waals surface area contributed by atoms with Crippen LogP contribution in [0.2, 0.25) is 0 Å². The number of rotatable bonds is 9. The van der Waals surface area contributed by atoms with Crippen LogP contribution < -0.4 is 4.74 Å². The molecule has 0 aromatic heterocycles. The number of aliphatic imine (C=N–C) groups is 1. The van der Waals surface area contributed by atoms with E-state index in [0.717, 1.165) is 11.1 Å². The van der Waals surface area contributed by atoms with Crippen LogP contribution in [0.15, 0.2) is 107 Å². The molecule has 1 N–H and O–H groups in total. The summed E-state index contributed by atoms with van der Waals surface area (Å²) in [6, 6.07) is 27.1. The fourth-order valence-corrected chi connectivity index (χ4v) is 5.47. The van der Waals surface area contributed by atoms with Gasteiger partial charge < -0.3 is 14.6 Å². The third kappa shape index (κ3) is 5.21. The van der Waals surface area contributed by atoms with Gasteiger partial charge in [-0.1, -0.05) is 90.6 Å². The summed E-state index contributed by atoms with van der Waals surface area (Å²) in [4.78, 5) is 32.2. The highest BCUT2D eigenvalue weighted by molar-refractivity contribution is 8.15. The largest absolute Gasteiger partial charge is 0.509 e. The van der Waals surface area contributed by atoms with Gasteiger partial charge in [-0.05, 0) is 23.3 Å². The van der Waals surface area contributed by atoms with Crippen molar-refractivity contribution in [2.24, 2.45) is 4.99 Å². The Morgan fingerprint density at radius 1 is 0.973 bits per heavy atom. The highest BCUT2D eigenvalue weighted by atomic mass is 35.5. The molecule has 0 aliphatic carbocycles. The smallest absolute Gasteiger partial charge is 0.359 e. The molecule has 37 heavy (non-hydrogen) atoms. The molecule has 9 heteroatoms. The van der Waals surface area contributed by atoms with Gasteiger partial charge in [-0.2, -0.15) is 0 Å². The van der Waals surface area contributed by atoms with E-state index in [1.807, 2.05) is 91.0 Å². The molecule has 7 nitrogen and oxygen atoms in total. The minimum atomic E-state index is -0.850. The van der Waals surface area contributed by atoms with Crippen LogP contribution in [-0.2, 0) is 14.3 Å². The zero-order valence-corrected chi connectivity index (χ0v) is 21.1. The van der Waals surface area contributed by atoms with Gasteiger partial charge in [0, 0.05) is 0 Å². The summed E-state index contributed by atoms with van der Waals surface area (Å²) < 4.78 is 11.7. The maximum Gasteiger partial charge on any atom is 0.359 e. The zero-order valence-electron chi connectivity index (χ0n) is 19.6. The minimum Gasteiger partial charge on any atom is -0.509 e. The van der Waals surface area contributed by atoms with Gasteiger partial charge in [0.15, 0.2) is 17.8 Å². The van der Waals surface area contributed by atoms with E-state index in [-0.39, 0.29) is 18.2 Å². The Labute approximate surface area is 223 Å². The molecule has 2 aliphatic heterocycles. The molecule has 2 atom stereocenters. The molecule has 3 aromatic rings. The molecule has 2 aliphatic rings. The minimum absolute atomic E-state index is 0.192. The van der Waals surface area contributed by atoms with Gasteiger partial charge in [-0.3, -0.25) is 14.7 Å². The monoisotopic (exact) mass is 534 g/mol. The van der Waals surface area contributed by atoms with E-state index < -0.39 is 35.2 Å². The number of allylic oxidation sites excluding steroid dienone is 1. The summed E-state index contributed by atoms with van der Waals surface area (Å²) in [5.41, 5.74) is 1.23. The summed E-state index contributed by atoms with van der Waals surface area (Å²) in [6.45, 7) is 0.192. The van der Waals surface area contributed by atoms with Crippen molar-refractivity contribution in [3.05, 3.63) is 114 Å². The molecular formula is C28H23ClN2O5S. The number of ether oxygens (including phenoxy) is 2. The number of thioether (sulfide) groups is 1. The topological polar surface area (TPSA) is 88.4 Å². The van der Waals surface area contributed by atoms with Gasteiger partial charge in [-0.15, -0.1) is 11.6 Å². The van der Waals surface area contributed by atoms with E-state index in [9.17, 15) is 14.7 Å². The number of β-lactam (4-membered cyclic amide) rings is 1. The highest BCUT2D eigenvalue weighted by Gasteiger charge is 2.56. The first kappa shape index (κ1) is 24.9. The van der Waals surface area contributed by atoms with E-state index in [4.69, 9.17) is 21.1 Å². The van der Waals surface area contributed by atoms with E-state index in [2.05, 4.69) is 4.99 Å². The van der Waals surface area contributed by atoms with Gasteiger partial charge >= 0.3 is 5.97 Å². The van der Waals surface area contributed by atoms with E-state index in [1.54, 1.807) is 0 Å². The fraction of sp³-hybridized carbons (Fsp3) is 0.179. The molecule has 0 radical (unpaired) electrons. The van der Waals surface area contributed by atoms with Gasteiger partial charge in [0.1, 0.15) is 28.5 Å².